The van der Waals surface area contributed by atoms with Crippen LogP contribution in [0.4, 0.5) is 10.1 Å². The summed E-state index contributed by atoms with van der Waals surface area (Å²) in [5, 5.41) is 11.1. The summed E-state index contributed by atoms with van der Waals surface area (Å²) in [6.07, 6.45) is -0.639. The minimum atomic E-state index is -0.639. The fourth-order valence-corrected chi connectivity index (χ4v) is 3.50. The van der Waals surface area contributed by atoms with Crippen molar-refractivity contribution in [2.45, 2.75) is 6.10 Å². The molecule has 0 bridgehead atoms. The summed E-state index contributed by atoms with van der Waals surface area (Å²) in [4.78, 5) is 4.39. The topological polar surface area (TPSA) is 35.9 Å². The molecule has 1 aliphatic heterocycles. The summed E-state index contributed by atoms with van der Waals surface area (Å²) in [6.45, 7) is 3.94. The molecule has 0 amide bonds. The number of para-hydroxylation sites is 1. The van der Waals surface area contributed by atoms with E-state index in [0.29, 0.717) is 22.3 Å². The minimum Gasteiger partial charge on any atom is -0.488 e. The molecule has 140 valence electrons. The summed E-state index contributed by atoms with van der Waals surface area (Å²) in [5.41, 5.74) is 1.02. The Balaban J connectivity index is 1.44. The number of hydrogen-bond donors (Lipinski definition) is 1. The van der Waals surface area contributed by atoms with E-state index >= 15 is 0 Å². The van der Waals surface area contributed by atoms with Gasteiger partial charge < -0.3 is 14.7 Å². The quantitative estimate of drug-likeness (QED) is 0.804. The average molecular weight is 399 g/mol. The van der Waals surface area contributed by atoms with Crippen LogP contribution in [0.25, 0.3) is 0 Å². The molecule has 1 fully saturated rings. The number of β-amino-alcohol motifs (C(OH)–C–C–N with tert-alkyl or cyclic N) is 1. The molecule has 1 saturated heterocycles. The number of aliphatic hydroxyl groups excluding tert-OH is 1. The monoisotopic (exact) mass is 398 g/mol. The second-order valence-electron chi connectivity index (χ2n) is 6.28. The smallest absolute Gasteiger partial charge is 0.156 e. The van der Waals surface area contributed by atoms with Gasteiger partial charge in [-0.3, -0.25) is 4.90 Å². The van der Waals surface area contributed by atoms with Crippen LogP contribution in [0.5, 0.6) is 5.75 Å². The first-order valence-electron chi connectivity index (χ1n) is 8.50. The molecule has 1 unspecified atom stereocenters. The van der Waals surface area contributed by atoms with Gasteiger partial charge >= 0.3 is 0 Å². The van der Waals surface area contributed by atoms with Gasteiger partial charge in [0.05, 0.1) is 10.0 Å². The third-order valence-electron chi connectivity index (χ3n) is 4.37. The number of hydrogen-bond acceptors (Lipinski definition) is 4. The number of anilines is 1. The molecule has 3 rings (SSSR count). The van der Waals surface area contributed by atoms with Gasteiger partial charge in [-0.15, -0.1) is 0 Å². The maximum Gasteiger partial charge on any atom is 0.156 e. The lowest BCUT2D eigenvalue weighted by atomic mass is 10.2. The molecule has 7 heteroatoms. The first kappa shape index (κ1) is 19.2. The van der Waals surface area contributed by atoms with Gasteiger partial charge in [0.25, 0.3) is 0 Å². The molecular formula is C19H21Cl2FN2O2. The molecule has 1 heterocycles. The Hall–Kier alpha value is -1.53. The highest BCUT2D eigenvalue weighted by atomic mass is 35.5. The lowest BCUT2D eigenvalue weighted by Crippen LogP contribution is -2.49. The largest absolute Gasteiger partial charge is 0.488 e. The molecule has 0 aromatic heterocycles. The van der Waals surface area contributed by atoms with Crippen molar-refractivity contribution in [3.05, 3.63) is 58.3 Å². The zero-order valence-corrected chi connectivity index (χ0v) is 15.8. The highest BCUT2D eigenvalue weighted by Gasteiger charge is 2.20. The molecule has 0 radical (unpaired) electrons. The predicted molar refractivity (Wildman–Crippen MR) is 103 cm³/mol. The highest BCUT2D eigenvalue weighted by molar-refractivity contribution is 6.37. The number of benzene rings is 2. The summed E-state index contributed by atoms with van der Waals surface area (Å²) < 4.78 is 18.6. The molecule has 0 aliphatic carbocycles. The van der Waals surface area contributed by atoms with Crippen molar-refractivity contribution in [3.63, 3.8) is 0 Å². The van der Waals surface area contributed by atoms with Gasteiger partial charge in [-0.05, 0) is 36.4 Å². The van der Waals surface area contributed by atoms with Crippen LogP contribution in [-0.4, -0.2) is 55.4 Å². The minimum absolute atomic E-state index is 0.127. The van der Waals surface area contributed by atoms with Crippen LogP contribution in [0.2, 0.25) is 10.0 Å². The second kappa shape index (κ2) is 8.91. The van der Waals surface area contributed by atoms with E-state index in [1.807, 2.05) is 0 Å². The molecule has 1 atom stereocenters. The predicted octanol–water partition coefficient (Wildman–Crippen LogP) is 3.69. The lowest BCUT2D eigenvalue weighted by molar-refractivity contribution is 0.0664. The third-order valence-corrected chi connectivity index (χ3v) is 4.97. The number of ether oxygens (including phenoxy) is 1. The molecule has 26 heavy (non-hydrogen) atoms. The maximum atomic E-state index is 13.0. The summed E-state index contributed by atoms with van der Waals surface area (Å²) in [6, 6.07) is 11.7. The average Bonchev–Trinajstić information content (AvgIpc) is 2.63. The maximum absolute atomic E-state index is 13.0. The van der Waals surface area contributed by atoms with Gasteiger partial charge in [0, 0.05) is 38.4 Å². The van der Waals surface area contributed by atoms with Crippen molar-refractivity contribution in [1.29, 1.82) is 0 Å². The van der Waals surface area contributed by atoms with Gasteiger partial charge in [-0.1, -0.05) is 29.3 Å². The van der Waals surface area contributed by atoms with Crippen LogP contribution in [0, 0.1) is 5.82 Å². The molecular weight excluding hydrogens is 378 g/mol. The van der Waals surface area contributed by atoms with Crippen molar-refractivity contribution in [2.24, 2.45) is 0 Å². The van der Waals surface area contributed by atoms with E-state index in [0.717, 1.165) is 31.9 Å². The van der Waals surface area contributed by atoms with Gasteiger partial charge in [0.1, 0.15) is 18.5 Å². The Bertz CT molecular complexity index is 702. The summed E-state index contributed by atoms with van der Waals surface area (Å²) in [7, 11) is 0. The summed E-state index contributed by atoms with van der Waals surface area (Å²) in [5.74, 6) is 0.171. The first-order chi connectivity index (χ1) is 12.5. The Morgan fingerprint density at radius 3 is 2.23 bits per heavy atom. The van der Waals surface area contributed by atoms with Crippen LogP contribution in [0.3, 0.4) is 0 Å². The highest BCUT2D eigenvalue weighted by Crippen LogP contribution is 2.32. The van der Waals surface area contributed by atoms with Crippen molar-refractivity contribution < 1.29 is 14.2 Å². The van der Waals surface area contributed by atoms with E-state index in [-0.39, 0.29) is 12.4 Å². The van der Waals surface area contributed by atoms with Crippen molar-refractivity contribution in [1.82, 2.24) is 4.90 Å². The molecule has 1 aliphatic rings. The van der Waals surface area contributed by atoms with Crippen molar-refractivity contribution in [2.75, 3.05) is 44.2 Å². The van der Waals surface area contributed by atoms with E-state index in [4.69, 9.17) is 27.9 Å². The van der Waals surface area contributed by atoms with E-state index < -0.39 is 6.10 Å². The van der Waals surface area contributed by atoms with Gasteiger partial charge in [-0.25, -0.2) is 4.39 Å². The zero-order valence-electron chi connectivity index (χ0n) is 14.2. The molecule has 2 aromatic carbocycles. The van der Waals surface area contributed by atoms with Crippen LogP contribution in [-0.2, 0) is 0 Å². The van der Waals surface area contributed by atoms with E-state index in [2.05, 4.69) is 9.80 Å². The van der Waals surface area contributed by atoms with Crippen LogP contribution in [0.15, 0.2) is 42.5 Å². The fraction of sp³-hybridized carbons (Fsp3) is 0.368. The third kappa shape index (κ3) is 5.01. The molecule has 4 nitrogen and oxygen atoms in total. The molecule has 1 N–H and O–H groups in total. The number of rotatable bonds is 6. The Kier molecular flexibility index (Phi) is 6.59. The number of piperazine rings is 1. The van der Waals surface area contributed by atoms with Crippen LogP contribution < -0.4 is 9.64 Å². The Morgan fingerprint density at radius 2 is 1.62 bits per heavy atom. The number of halogens is 3. The SMILES string of the molecule is OC(COc1c(Cl)cccc1Cl)CN1CCN(c2ccc(F)cc2)CC1. The number of aliphatic hydroxyl groups is 1. The van der Waals surface area contributed by atoms with Crippen molar-refractivity contribution in [3.8, 4) is 5.75 Å². The van der Waals surface area contributed by atoms with Gasteiger partial charge in [0.15, 0.2) is 5.75 Å². The number of nitrogens with zero attached hydrogens (tertiary/aromatic N) is 2. The van der Waals surface area contributed by atoms with E-state index in [1.54, 1.807) is 30.3 Å². The molecule has 2 aromatic rings. The van der Waals surface area contributed by atoms with Crippen LogP contribution in [0.1, 0.15) is 0 Å². The Morgan fingerprint density at radius 1 is 1.00 bits per heavy atom. The molecule has 0 saturated carbocycles. The van der Waals surface area contributed by atoms with Gasteiger partial charge in [-0.2, -0.15) is 0 Å². The van der Waals surface area contributed by atoms with Crippen molar-refractivity contribution >= 4 is 28.9 Å². The van der Waals surface area contributed by atoms with E-state index in [1.165, 1.54) is 12.1 Å². The van der Waals surface area contributed by atoms with Gasteiger partial charge in [0.2, 0.25) is 0 Å². The molecule has 0 spiro atoms. The van der Waals surface area contributed by atoms with Crippen LogP contribution >= 0.6 is 23.2 Å². The fourth-order valence-electron chi connectivity index (χ4n) is 2.99. The van der Waals surface area contributed by atoms with E-state index in [9.17, 15) is 9.50 Å². The Labute approximate surface area is 162 Å². The summed E-state index contributed by atoms with van der Waals surface area (Å²) >= 11 is 12.1. The first-order valence-corrected chi connectivity index (χ1v) is 9.26. The lowest BCUT2D eigenvalue weighted by Gasteiger charge is -2.36. The standard InChI is InChI=1S/C19H21Cl2FN2O2/c20-17-2-1-3-18(21)19(17)26-13-16(25)12-23-8-10-24(11-9-23)15-6-4-14(22)5-7-15/h1-7,16,25H,8-13H2. The zero-order chi connectivity index (χ0) is 18.5. The second-order valence-corrected chi connectivity index (χ2v) is 7.09. The normalized spacial score (nSPS) is 16.5.